The van der Waals surface area contributed by atoms with Gasteiger partial charge in [0, 0.05) is 24.3 Å². The Hall–Kier alpha value is -1.40. The van der Waals surface area contributed by atoms with E-state index in [1.807, 2.05) is 6.92 Å². The SMILES string of the molecule is COC.COC(=O)CNC(=O)c1ccc(Br)c(C)c1. The number of hydrogen-bond donors (Lipinski definition) is 1. The zero-order valence-electron chi connectivity index (χ0n) is 11.5. The maximum atomic E-state index is 11.6. The summed E-state index contributed by atoms with van der Waals surface area (Å²) in [5, 5.41) is 2.47. The average Bonchev–Trinajstić information content (AvgIpc) is 2.39. The van der Waals surface area contributed by atoms with Crippen molar-refractivity contribution in [1.29, 1.82) is 0 Å². The number of nitrogens with one attached hydrogen (secondary N) is 1. The molecule has 5 nitrogen and oxygen atoms in total. The summed E-state index contributed by atoms with van der Waals surface area (Å²) >= 11 is 3.35. The van der Waals surface area contributed by atoms with E-state index in [1.165, 1.54) is 7.11 Å². The Kier molecular flexibility index (Phi) is 8.82. The summed E-state index contributed by atoms with van der Waals surface area (Å²) in [5.74, 6) is -0.761. The number of benzene rings is 1. The molecule has 1 aromatic carbocycles. The minimum Gasteiger partial charge on any atom is -0.468 e. The van der Waals surface area contributed by atoms with Gasteiger partial charge in [-0.05, 0) is 30.7 Å². The molecular weight excluding hydrogens is 314 g/mol. The summed E-state index contributed by atoms with van der Waals surface area (Å²) < 4.78 is 9.61. The molecule has 106 valence electrons. The van der Waals surface area contributed by atoms with Gasteiger partial charge in [0.2, 0.25) is 0 Å². The van der Waals surface area contributed by atoms with E-state index in [1.54, 1.807) is 32.4 Å². The zero-order valence-corrected chi connectivity index (χ0v) is 13.0. The second-order valence-corrected chi connectivity index (χ2v) is 4.49. The van der Waals surface area contributed by atoms with Crippen molar-refractivity contribution in [2.24, 2.45) is 0 Å². The summed E-state index contributed by atoms with van der Waals surface area (Å²) in [6.45, 7) is 1.77. The Morgan fingerprint density at radius 1 is 1.26 bits per heavy atom. The molecule has 0 saturated carbocycles. The van der Waals surface area contributed by atoms with Gasteiger partial charge in [0.15, 0.2) is 0 Å². The quantitative estimate of drug-likeness (QED) is 0.859. The summed E-state index contributed by atoms with van der Waals surface area (Å²) in [7, 11) is 4.53. The molecular formula is C13H18BrNO4. The molecule has 0 aromatic heterocycles. The molecule has 0 radical (unpaired) electrons. The summed E-state index contributed by atoms with van der Waals surface area (Å²) in [6.07, 6.45) is 0. The third-order valence-electron chi connectivity index (χ3n) is 2.04. The predicted octanol–water partition coefficient (Wildman–Crippen LogP) is 1.92. The number of ether oxygens (including phenoxy) is 2. The van der Waals surface area contributed by atoms with Crippen molar-refractivity contribution in [2.45, 2.75) is 6.92 Å². The number of aryl methyl sites for hydroxylation is 1. The van der Waals surface area contributed by atoms with Crippen molar-refractivity contribution >= 4 is 27.8 Å². The van der Waals surface area contributed by atoms with Gasteiger partial charge in [0.1, 0.15) is 6.54 Å². The largest absolute Gasteiger partial charge is 0.468 e. The lowest BCUT2D eigenvalue weighted by Gasteiger charge is -2.05. The highest BCUT2D eigenvalue weighted by Gasteiger charge is 2.08. The Labute approximate surface area is 121 Å². The maximum Gasteiger partial charge on any atom is 0.325 e. The van der Waals surface area contributed by atoms with Crippen LogP contribution in [-0.2, 0) is 14.3 Å². The van der Waals surface area contributed by atoms with Crippen molar-refractivity contribution in [3.63, 3.8) is 0 Å². The number of carbonyl (C=O) groups excluding carboxylic acids is 2. The van der Waals surface area contributed by atoms with Crippen molar-refractivity contribution in [3.05, 3.63) is 33.8 Å². The molecule has 0 unspecified atom stereocenters. The topological polar surface area (TPSA) is 64.6 Å². The Bertz CT molecular complexity index is 435. The van der Waals surface area contributed by atoms with E-state index >= 15 is 0 Å². The van der Waals surface area contributed by atoms with Gasteiger partial charge in [-0.25, -0.2) is 0 Å². The van der Waals surface area contributed by atoms with Crippen LogP contribution in [0.15, 0.2) is 22.7 Å². The third-order valence-corrected chi connectivity index (χ3v) is 2.93. The first-order valence-corrected chi connectivity index (χ1v) is 6.26. The highest BCUT2D eigenvalue weighted by atomic mass is 79.9. The van der Waals surface area contributed by atoms with E-state index in [0.29, 0.717) is 5.56 Å². The highest BCUT2D eigenvalue weighted by molar-refractivity contribution is 9.10. The van der Waals surface area contributed by atoms with Crippen molar-refractivity contribution < 1.29 is 19.1 Å². The molecule has 0 aliphatic rings. The van der Waals surface area contributed by atoms with Crippen LogP contribution in [0.1, 0.15) is 15.9 Å². The van der Waals surface area contributed by atoms with Crippen LogP contribution in [0.5, 0.6) is 0 Å². The lowest BCUT2D eigenvalue weighted by molar-refractivity contribution is -0.139. The Balaban J connectivity index is 0.000000982. The van der Waals surface area contributed by atoms with Crippen LogP contribution < -0.4 is 5.32 Å². The first kappa shape index (κ1) is 17.6. The Morgan fingerprint density at radius 2 is 1.84 bits per heavy atom. The number of methoxy groups -OCH3 is 2. The fourth-order valence-corrected chi connectivity index (χ4v) is 1.36. The van der Waals surface area contributed by atoms with E-state index in [0.717, 1.165) is 10.0 Å². The van der Waals surface area contributed by atoms with Crippen LogP contribution >= 0.6 is 15.9 Å². The molecule has 0 aliphatic carbocycles. The molecule has 6 heteroatoms. The minimum atomic E-state index is -0.470. The minimum absolute atomic E-state index is 0.121. The lowest BCUT2D eigenvalue weighted by atomic mass is 10.1. The van der Waals surface area contributed by atoms with Gasteiger partial charge in [-0.1, -0.05) is 15.9 Å². The van der Waals surface area contributed by atoms with Gasteiger partial charge in [-0.2, -0.15) is 0 Å². The third kappa shape index (κ3) is 6.93. The molecule has 0 saturated heterocycles. The molecule has 1 rings (SSSR count). The Morgan fingerprint density at radius 3 is 2.32 bits per heavy atom. The van der Waals surface area contributed by atoms with Gasteiger partial charge in [-0.15, -0.1) is 0 Å². The number of esters is 1. The van der Waals surface area contributed by atoms with Gasteiger partial charge >= 0.3 is 5.97 Å². The number of hydrogen-bond acceptors (Lipinski definition) is 4. The number of rotatable bonds is 3. The maximum absolute atomic E-state index is 11.6. The molecule has 0 bridgehead atoms. The zero-order chi connectivity index (χ0) is 14.8. The van der Waals surface area contributed by atoms with E-state index < -0.39 is 5.97 Å². The normalized spacial score (nSPS) is 9.11. The van der Waals surface area contributed by atoms with E-state index in [9.17, 15) is 9.59 Å². The molecule has 1 N–H and O–H groups in total. The smallest absolute Gasteiger partial charge is 0.325 e. The van der Waals surface area contributed by atoms with Crippen LogP contribution in [0.3, 0.4) is 0 Å². The van der Waals surface area contributed by atoms with Gasteiger partial charge in [-0.3, -0.25) is 9.59 Å². The molecule has 1 aromatic rings. The first-order chi connectivity index (χ1) is 8.96. The second kappa shape index (κ2) is 9.52. The molecule has 0 spiro atoms. The van der Waals surface area contributed by atoms with E-state index in [4.69, 9.17) is 0 Å². The fourth-order valence-electron chi connectivity index (χ4n) is 1.11. The molecule has 1 amide bonds. The van der Waals surface area contributed by atoms with E-state index in [-0.39, 0.29) is 12.5 Å². The average molecular weight is 332 g/mol. The van der Waals surface area contributed by atoms with Crippen molar-refractivity contribution in [3.8, 4) is 0 Å². The molecule has 0 aliphatic heterocycles. The van der Waals surface area contributed by atoms with Gasteiger partial charge in [0.05, 0.1) is 7.11 Å². The summed E-state index contributed by atoms with van der Waals surface area (Å²) in [4.78, 5) is 22.4. The number of halogens is 1. The van der Waals surface area contributed by atoms with Crippen LogP contribution in [0.25, 0.3) is 0 Å². The summed E-state index contributed by atoms with van der Waals surface area (Å²) in [5.41, 5.74) is 1.48. The lowest BCUT2D eigenvalue weighted by Crippen LogP contribution is -2.30. The van der Waals surface area contributed by atoms with E-state index in [2.05, 4.69) is 30.7 Å². The van der Waals surface area contributed by atoms with Crippen LogP contribution in [0.4, 0.5) is 0 Å². The van der Waals surface area contributed by atoms with Crippen molar-refractivity contribution in [2.75, 3.05) is 27.9 Å². The van der Waals surface area contributed by atoms with Crippen LogP contribution in [-0.4, -0.2) is 39.8 Å². The molecule has 19 heavy (non-hydrogen) atoms. The van der Waals surface area contributed by atoms with Crippen molar-refractivity contribution in [1.82, 2.24) is 5.32 Å². The molecule has 0 atom stereocenters. The highest BCUT2D eigenvalue weighted by Crippen LogP contribution is 2.16. The monoisotopic (exact) mass is 331 g/mol. The summed E-state index contributed by atoms with van der Waals surface area (Å²) in [6, 6.07) is 5.22. The fraction of sp³-hybridized carbons (Fsp3) is 0.385. The number of amides is 1. The van der Waals surface area contributed by atoms with Crippen LogP contribution in [0.2, 0.25) is 0 Å². The van der Waals surface area contributed by atoms with Gasteiger partial charge in [0.25, 0.3) is 5.91 Å². The van der Waals surface area contributed by atoms with Crippen LogP contribution in [0, 0.1) is 6.92 Å². The molecule has 0 heterocycles. The first-order valence-electron chi connectivity index (χ1n) is 5.47. The number of carbonyl (C=O) groups is 2. The standard InChI is InChI=1S/C11H12BrNO3.C2H6O/c1-7-5-8(3-4-9(7)12)11(15)13-6-10(14)16-2;1-3-2/h3-5H,6H2,1-2H3,(H,13,15);1-2H3. The van der Waals surface area contributed by atoms with Gasteiger partial charge < -0.3 is 14.8 Å². The molecule has 0 fully saturated rings. The predicted molar refractivity (Wildman–Crippen MR) is 76.2 cm³/mol. The second-order valence-electron chi connectivity index (χ2n) is 3.63.